The van der Waals surface area contributed by atoms with Gasteiger partial charge in [-0.05, 0) is 19.8 Å². The first-order valence-electron chi connectivity index (χ1n) is 6.83. The van der Waals surface area contributed by atoms with Gasteiger partial charge in [0, 0.05) is 32.1 Å². The molecule has 2 unspecified atom stereocenters. The number of rotatable bonds is 2. The van der Waals surface area contributed by atoms with E-state index in [0.29, 0.717) is 26.3 Å². The summed E-state index contributed by atoms with van der Waals surface area (Å²) in [6.45, 7) is 3.95. The summed E-state index contributed by atoms with van der Waals surface area (Å²) in [5, 5.41) is 2.67. The highest BCUT2D eigenvalue weighted by Gasteiger charge is 2.47. The molecular weight excluding hydrogens is 246 g/mol. The van der Waals surface area contributed by atoms with E-state index in [2.05, 4.69) is 5.32 Å². The van der Waals surface area contributed by atoms with Crippen molar-refractivity contribution in [3.63, 3.8) is 0 Å². The molecule has 2 amide bonds. The van der Waals surface area contributed by atoms with Crippen molar-refractivity contribution in [2.24, 2.45) is 17.1 Å². The van der Waals surface area contributed by atoms with Gasteiger partial charge in [0.1, 0.15) is 0 Å². The largest absolute Gasteiger partial charge is 0.379 e. The lowest BCUT2D eigenvalue weighted by Gasteiger charge is -2.37. The molecule has 108 valence electrons. The van der Waals surface area contributed by atoms with E-state index in [0.717, 1.165) is 12.8 Å². The standard InChI is InChI=1S/C13H23N3O3/c1-13(8-19-7-10(13)14)12(18)16-5-3-9(4-6-16)11(17)15-2/h9-10H,3-8,14H2,1-2H3,(H,15,17). The fourth-order valence-corrected chi connectivity index (χ4v) is 2.82. The number of nitrogens with one attached hydrogen (secondary N) is 1. The first kappa shape index (κ1) is 14.3. The normalized spacial score (nSPS) is 32.4. The highest BCUT2D eigenvalue weighted by Crippen LogP contribution is 2.31. The second-order valence-electron chi connectivity index (χ2n) is 5.72. The second-order valence-corrected chi connectivity index (χ2v) is 5.72. The van der Waals surface area contributed by atoms with E-state index in [1.807, 2.05) is 11.8 Å². The SMILES string of the molecule is CNC(=O)C1CCN(C(=O)C2(C)COCC2N)CC1. The molecule has 0 bridgehead atoms. The van der Waals surface area contributed by atoms with Gasteiger partial charge < -0.3 is 20.7 Å². The molecule has 2 aliphatic rings. The lowest BCUT2D eigenvalue weighted by Crippen LogP contribution is -2.53. The maximum absolute atomic E-state index is 12.5. The minimum Gasteiger partial charge on any atom is -0.379 e. The van der Waals surface area contributed by atoms with Crippen LogP contribution < -0.4 is 11.1 Å². The molecule has 2 aliphatic heterocycles. The van der Waals surface area contributed by atoms with Crippen LogP contribution in [-0.2, 0) is 14.3 Å². The van der Waals surface area contributed by atoms with Crippen LogP contribution in [0.1, 0.15) is 19.8 Å². The second kappa shape index (κ2) is 5.46. The van der Waals surface area contributed by atoms with Gasteiger partial charge in [0.25, 0.3) is 0 Å². The summed E-state index contributed by atoms with van der Waals surface area (Å²) in [5.41, 5.74) is 5.37. The molecule has 6 nitrogen and oxygen atoms in total. The van der Waals surface area contributed by atoms with Crippen LogP contribution in [0.5, 0.6) is 0 Å². The fraction of sp³-hybridized carbons (Fsp3) is 0.846. The van der Waals surface area contributed by atoms with Crippen LogP contribution in [0.4, 0.5) is 0 Å². The zero-order chi connectivity index (χ0) is 14.0. The Kier molecular flexibility index (Phi) is 4.10. The minimum absolute atomic E-state index is 0.0235. The molecule has 0 aromatic carbocycles. The summed E-state index contributed by atoms with van der Waals surface area (Å²) in [7, 11) is 1.65. The molecule has 0 spiro atoms. The number of carbonyl (C=O) groups is 2. The summed E-state index contributed by atoms with van der Waals surface area (Å²) in [5.74, 6) is 0.155. The summed E-state index contributed by atoms with van der Waals surface area (Å²) < 4.78 is 5.32. The molecule has 19 heavy (non-hydrogen) atoms. The van der Waals surface area contributed by atoms with Crippen LogP contribution in [-0.4, -0.2) is 56.1 Å². The quantitative estimate of drug-likeness (QED) is 0.696. The molecule has 2 saturated heterocycles. The highest BCUT2D eigenvalue weighted by molar-refractivity contribution is 5.84. The van der Waals surface area contributed by atoms with Crippen molar-refractivity contribution in [1.82, 2.24) is 10.2 Å². The van der Waals surface area contributed by atoms with Crippen LogP contribution in [0, 0.1) is 11.3 Å². The van der Waals surface area contributed by atoms with Crippen molar-refractivity contribution in [1.29, 1.82) is 0 Å². The number of amides is 2. The predicted molar refractivity (Wildman–Crippen MR) is 70.3 cm³/mol. The summed E-state index contributed by atoms with van der Waals surface area (Å²) in [6, 6.07) is -0.239. The number of likely N-dealkylation sites (tertiary alicyclic amines) is 1. The van der Waals surface area contributed by atoms with Gasteiger partial charge >= 0.3 is 0 Å². The minimum atomic E-state index is -0.611. The first-order valence-corrected chi connectivity index (χ1v) is 6.83. The third-order valence-electron chi connectivity index (χ3n) is 4.41. The van der Waals surface area contributed by atoms with Gasteiger partial charge in [-0.1, -0.05) is 0 Å². The lowest BCUT2D eigenvalue weighted by atomic mass is 9.83. The number of piperidine rings is 1. The number of nitrogens with two attached hydrogens (primary N) is 1. The van der Waals surface area contributed by atoms with E-state index in [4.69, 9.17) is 10.5 Å². The van der Waals surface area contributed by atoms with Crippen LogP contribution in [0.3, 0.4) is 0 Å². The number of nitrogens with zero attached hydrogens (tertiary/aromatic N) is 1. The number of hydrogen-bond donors (Lipinski definition) is 2. The molecule has 0 radical (unpaired) electrons. The Morgan fingerprint density at radius 2 is 2.00 bits per heavy atom. The van der Waals surface area contributed by atoms with Gasteiger partial charge in [0.15, 0.2) is 0 Å². The number of ether oxygens (including phenoxy) is 1. The Hall–Kier alpha value is -1.14. The number of hydrogen-bond acceptors (Lipinski definition) is 4. The van der Waals surface area contributed by atoms with Crippen LogP contribution in [0.15, 0.2) is 0 Å². The maximum atomic E-state index is 12.5. The summed E-state index contributed by atoms with van der Waals surface area (Å²) >= 11 is 0. The van der Waals surface area contributed by atoms with E-state index in [1.54, 1.807) is 7.05 Å². The van der Waals surface area contributed by atoms with Crippen LogP contribution >= 0.6 is 0 Å². The topological polar surface area (TPSA) is 84.7 Å². The van der Waals surface area contributed by atoms with Gasteiger partial charge in [-0.25, -0.2) is 0 Å². The Labute approximate surface area is 113 Å². The van der Waals surface area contributed by atoms with Crippen molar-refractivity contribution in [2.45, 2.75) is 25.8 Å². The third-order valence-corrected chi connectivity index (χ3v) is 4.41. The Morgan fingerprint density at radius 3 is 2.47 bits per heavy atom. The first-order chi connectivity index (χ1) is 8.99. The maximum Gasteiger partial charge on any atom is 0.232 e. The van der Waals surface area contributed by atoms with Gasteiger partial charge in [-0.2, -0.15) is 0 Å². The van der Waals surface area contributed by atoms with Crippen LogP contribution in [0.25, 0.3) is 0 Å². The predicted octanol–water partition coefficient (Wildman–Crippen LogP) is -0.665. The highest BCUT2D eigenvalue weighted by atomic mass is 16.5. The Balaban J connectivity index is 1.94. The van der Waals surface area contributed by atoms with Crippen molar-refractivity contribution >= 4 is 11.8 Å². The van der Waals surface area contributed by atoms with Crippen molar-refractivity contribution in [3.05, 3.63) is 0 Å². The third kappa shape index (κ3) is 2.60. The lowest BCUT2D eigenvalue weighted by molar-refractivity contribution is -0.144. The van der Waals surface area contributed by atoms with Gasteiger partial charge in [0.05, 0.1) is 18.6 Å². The molecule has 2 heterocycles. The Morgan fingerprint density at radius 1 is 1.37 bits per heavy atom. The molecule has 0 aromatic rings. The van der Waals surface area contributed by atoms with E-state index < -0.39 is 5.41 Å². The molecule has 2 atom stereocenters. The molecule has 0 aliphatic carbocycles. The Bertz CT molecular complexity index is 366. The molecule has 2 rings (SSSR count). The monoisotopic (exact) mass is 269 g/mol. The molecule has 0 saturated carbocycles. The van der Waals surface area contributed by atoms with Crippen molar-refractivity contribution in [2.75, 3.05) is 33.4 Å². The summed E-state index contributed by atoms with van der Waals surface area (Å²) in [4.78, 5) is 25.9. The van der Waals surface area contributed by atoms with Crippen molar-refractivity contribution in [3.8, 4) is 0 Å². The molecule has 6 heteroatoms. The molecular formula is C13H23N3O3. The molecule has 2 fully saturated rings. The van der Waals surface area contributed by atoms with Crippen molar-refractivity contribution < 1.29 is 14.3 Å². The van der Waals surface area contributed by atoms with Crippen LogP contribution in [0.2, 0.25) is 0 Å². The zero-order valence-corrected chi connectivity index (χ0v) is 11.6. The van der Waals surface area contributed by atoms with E-state index in [1.165, 1.54) is 0 Å². The number of carbonyl (C=O) groups excluding carboxylic acids is 2. The van der Waals surface area contributed by atoms with Gasteiger partial charge in [0.2, 0.25) is 11.8 Å². The molecule has 0 aromatic heterocycles. The van der Waals surface area contributed by atoms with E-state index >= 15 is 0 Å². The van der Waals surface area contributed by atoms with Gasteiger partial charge in [-0.15, -0.1) is 0 Å². The van der Waals surface area contributed by atoms with Gasteiger partial charge in [-0.3, -0.25) is 9.59 Å². The molecule has 3 N–H and O–H groups in total. The fourth-order valence-electron chi connectivity index (χ4n) is 2.82. The smallest absolute Gasteiger partial charge is 0.232 e. The summed E-state index contributed by atoms with van der Waals surface area (Å²) in [6.07, 6.45) is 1.44. The van der Waals surface area contributed by atoms with E-state index in [9.17, 15) is 9.59 Å². The average molecular weight is 269 g/mol. The zero-order valence-electron chi connectivity index (χ0n) is 11.6. The average Bonchev–Trinajstić information content (AvgIpc) is 2.78. The van der Waals surface area contributed by atoms with E-state index in [-0.39, 0.29) is 23.8 Å².